The molecule has 1 amide bonds. The zero-order chi connectivity index (χ0) is 24.2. The van der Waals surface area contributed by atoms with Gasteiger partial charge in [-0.05, 0) is 38.1 Å². The molecule has 0 radical (unpaired) electrons. The van der Waals surface area contributed by atoms with E-state index in [1.807, 2.05) is 18.4 Å². The fourth-order valence-electron chi connectivity index (χ4n) is 3.57. The van der Waals surface area contributed by atoms with E-state index in [1.54, 1.807) is 49.4 Å². The Balaban J connectivity index is 1.43. The number of hydrogen-bond donors (Lipinski definition) is 1. The molecule has 2 aromatic heterocycles. The number of carbonyl (C=O) groups excluding carboxylic acids is 2. The van der Waals surface area contributed by atoms with Crippen molar-refractivity contribution in [3.05, 3.63) is 79.8 Å². The smallest absolute Gasteiger partial charge is 0.332 e. The molecule has 0 aliphatic rings. The molecule has 0 bridgehead atoms. The first-order valence-electron chi connectivity index (χ1n) is 10.6. The van der Waals surface area contributed by atoms with E-state index >= 15 is 0 Å². The number of esters is 1. The number of amides is 1. The number of fused-ring (bicyclic) bond motifs is 1. The van der Waals surface area contributed by atoms with Gasteiger partial charge in [0.25, 0.3) is 11.5 Å². The van der Waals surface area contributed by atoms with Gasteiger partial charge < -0.3 is 10.1 Å². The predicted octanol–water partition coefficient (Wildman–Crippen LogP) is 2.80. The van der Waals surface area contributed by atoms with Crippen molar-refractivity contribution in [3.63, 3.8) is 0 Å². The SMILES string of the molecule is CCn1c(=O)c2ccccc2n(CC(=O)OCC(=O)Nc2cccc(-c3csc(C)n3)c2)c1=O. The number of rotatable bonds is 7. The summed E-state index contributed by atoms with van der Waals surface area (Å²) < 4.78 is 7.33. The summed E-state index contributed by atoms with van der Waals surface area (Å²) in [5, 5.41) is 5.89. The van der Waals surface area contributed by atoms with E-state index in [2.05, 4.69) is 10.3 Å². The van der Waals surface area contributed by atoms with E-state index in [9.17, 15) is 19.2 Å². The molecule has 0 saturated heterocycles. The molecule has 34 heavy (non-hydrogen) atoms. The van der Waals surface area contributed by atoms with Crippen LogP contribution in [-0.4, -0.2) is 32.6 Å². The van der Waals surface area contributed by atoms with E-state index in [-0.39, 0.29) is 6.54 Å². The van der Waals surface area contributed by atoms with Crippen LogP contribution in [0.15, 0.2) is 63.5 Å². The highest BCUT2D eigenvalue weighted by molar-refractivity contribution is 7.09. The van der Waals surface area contributed by atoms with Crippen LogP contribution >= 0.6 is 11.3 Å². The normalized spacial score (nSPS) is 10.9. The molecule has 10 heteroatoms. The van der Waals surface area contributed by atoms with Crippen LogP contribution in [0.2, 0.25) is 0 Å². The van der Waals surface area contributed by atoms with Crippen LogP contribution in [0, 0.1) is 6.92 Å². The molecular formula is C24H22N4O5S. The second kappa shape index (κ2) is 9.84. The van der Waals surface area contributed by atoms with E-state index < -0.39 is 36.3 Å². The van der Waals surface area contributed by atoms with E-state index in [4.69, 9.17) is 4.74 Å². The minimum atomic E-state index is -0.768. The molecule has 0 aliphatic heterocycles. The van der Waals surface area contributed by atoms with E-state index in [0.717, 1.165) is 20.8 Å². The lowest BCUT2D eigenvalue weighted by atomic mass is 10.1. The van der Waals surface area contributed by atoms with Gasteiger partial charge in [0.05, 0.1) is 21.6 Å². The summed E-state index contributed by atoms with van der Waals surface area (Å²) in [4.78, 5) is 54.4. The number of ether oxygens (including phenoxy) is 1. The number of aryl methyl sites for hydroxylation is 1. The van der Waals surface area contributed by atoms with Crippen molar-refractivity contribution >= 4 is 39.8 Å². The molecule has 174 valence electrons. The third kappa shape index (κ3) is 4.81. The lowest BCUT2D eigenvalue weighted by Crippen LogP contribution is -2.41. The molecular weight excluding hydrogens is 456 g/mol. The Hall–Kier alpha value is -4.05. The fraction of sp³-hybridized carbons (Fsp3) is 0.208. The molecule has 0 aliphatic carbocycles. The summed E-state index contributed by atoms with van der Waals surface area (Å²) in [7, 11) is 0. The van der Waals surface area contributed by atoms with Crippen LogP contribution < -0.4 is 16.6 Å². The highest BCUT2D eigenvalue weighted by atomic mass is 32.1. The van der Waals surface area contributed by atoms with Crippen molar-refractivity contribution in [2.24, 2.45) is 0 Å². The van der Waals surface area contributed by atoms with Gasteiger partial charge in [-0.15, -0.1) is 11.3 Å². The van der Waals surface area contributed by atoms with Crippen LogP contribution in [-0.2, 0) is 27.4 Å². The van der Waals surface area contributed by atoms with Crippen molar-refractivity contribution in [1.29, 1.82) is 0 Å². The highest BCUT2D eigenvalue weighted by Crippen LogP contribution is 2.24. The minimum absolute atomic E-state index is 0.166. The number of para-hydroxylation sites is 1. The zero-order valence-electron chi connectivity index (χ0n) is 18.6. The first-order chi connectivity index (χ1) is 16.4. The maximum atomic E-state index is 12.7. The third-order valence-corrected chi connectivity index (χ3v) is 5.93. The number of hydrogen-bond acceptors (Lipinski definition) is 7. The third-order valence-electron chi connectivity index (χ3n) is 5.16. The van der Waals surface area contributed by atoms with Crippen LogP contribution in [0.1, 0.15) is 11.9 Å². The molecule has 0 atom stereocenters. The maximum absolute atomic E-state index is 12.7. The van der Waals surface area contributed by atoms with Crippen LogP contribution in [0.25, 0.3) is 22.2 Å². The van der Waals surface area contributed by atoms with Crippen molar-refractivity contribution in [2.45, 2.75) is 26.9 Å². The second-order valence-corrected chi connectivity index (χ2v) is 8.54. The Morgan fingerprint density at radius 2 is 1.88 bits per heavy atom. The number of nitrogens with one attached hydrogen (secondary N) is 1. The number of benzene rings is 2. The number of anilines is 1. The van der Waals surface area contributed by atoms with Crippen LogP contribution in [0.3, 0.4) is 0 Å². The average molecular weight is 479 g/mol. The topological polar surface area (TPSA) is 112 Å². The summed E-state index contributed by atoms with van der Waals surface area (Å²) in [6.45, 7) is 2.82. The summed E-state index contributed by atoms with van der Waals surface area (Å²) in [6, 6.07) is 13.7. The monoisotopic (exact) mass is 478 g/mol. The number of carbonyl (C=O) groups is 2. The number of nitrogens with zero attached hydrogens (tertiary/aromatic N) is 3. The quantitative estimate of drug-likeness (QED) is 0.409. The molecule has 2 aromatic carbocycles. The Bertz CT molecular complexity index is 1500. The maximum Gasteiger partial charge on any atom is 0.332 e. The molecule has 0 unspecified atom stereocenters. The standard InChI is InChI=1S/C24H22N4O5S/c1-3-27-23(31)18-9-4-5-10-20(18)28(24(27)32)12-22(30)33-13-21(29)26-17-8-6-7-16(11-17)19-14-34-15(2)25-19/h4-11,14H,3,12-13H2,1-2H3,(H,26,29). The Morgan fingerprint density at radius 3 is 2.62 bits per heavy atom. The lowest BCUT2D eigenvalue weighted by Gasteiger charge is -2.13. The minimum Gasteiger partial charge on any atom is -0.454 e. The van der Waals surface area contributed by atoms with Gasteiger partial charge in [-0.2, -0.15) is 0 Å². The summed E-state index contributed by atoms with van der Waals surface area (Å²) in [5.74, 6) is -1.29. The molecule has 0 saturated carbocycles. The molecule has 9 nitrogen and oxygen atoms in total. The predicted molar refractivity (Wildman–Crippen MR) is 130 cm³/mol. The Morgan fingerprint density at radius 1 is 1.09 bits per heavy atom. The fourth-order valence-corrected chi connectivity index (χ4v) is 4.19. The van der Waals surface area contributed by atoms with Gasteiger partial charge in [0.2, 0.25) is 0 Å². The van der Waals surface area contributed by atoms with E-state index in [0.29, 0.717) is 16.6 Å². The van der Waals surface area contributed by atoms with Crippen molar-refractivity contribution in [2.75, 3.05) is 11.9 Å². The van der Waals surface area contributed by atoms with Crippen LogP contribution in [0.5, 0.6) is 0 Å². The van der Waals surface area contributed by atoms with E-state index in [1.165, 1.54) is 15.9 Å². The van der Waals surface area contributed by atoms with Gasteiger partial charge >= 0.3 is 11.7 Å². The summed E-state index contributed by atoms with van der Waals surface area (Å²) >= 11 is 1.54. The van der Waals surface area contributed by atoms with Crippen LogP contribution in [0.4, 0.5) is 5.69 Å². The molecule has 4 aromatic rings. The highest BCUT2D eigenvalue weighted by Gasteiger charge is 2.16. The number of aromatic nitrogens is 3. The van der Waals surface area contributed by atoms with Gasteiger partial charge in [0.1, 0.15) is 6.54 Å². The molecule has 1 N–H and O–H groups in total. The van der Waals surface area contributed by atoms with Crippen molar-refractivity contribution < 1.29 is 14.3 Å². The van der Waals surface area contributed by atoms with Gasteiger partial charge in [-0.25, -0.2) is 9.78 Å². The summed E-state index contributed by atoms with van der Waals surface area (Å²) in [6.07, 6.45) is 0. The molecule has 0 spiro atoms. The molecule has 0 fully saturated rings. The Labute approximate surface area is 198 Å². The van der Waals surface area contributed by atoms with Crippen molar-refractivity contribution in [1.82, 2.24) is 14.1 Å². The summed E-state index contributed by atoms with van der Waals surface area (Å²) in [5.41, 5.74) is 1.52. The lowest BCUT2D eigenvalue weighted by molar-refractivity contribution is -0.147. The van der Waals surface area contributed by atoms with Gasteiger partial charge in [0, 0.05) is 23.2 Å². The molecule has 4 rings (SSSR count). The van der Waals surface area contributed by atoms with Gasteiger partial charge in [-0.1, -0.05) is 24.3 Å². The first-order valence-corrected chi connectivity index (χ1v) is 11.5. The Kier molecular flexibility index (Phi) is 6.69. The number of thiazole rings is 1. The largest absolute Gasteiger partial charge is 0.454 e. The van der Waals surface area contributed by atoms with Crippen molar-refractivity contribution in [3.8, 4) is 11.3 Å². The van der Waals surface area contributed by atoms with Gasteiger partial charge in [-0.3, -0.25) is 23.5 Å². The first kappa shape index (κ1) is 23.1. The zero-order valence-corrected chi connectivity index (χ0v) is 19.4. The van der Waals surface area contributed by atoms with Gasteiger partial charge in [0.15, 0.2) is 6.61 Å². The average Bonchev–Trinajstić information content (AvgIpc) is 3.27. The second-order valence-electron chi connectivity index (χ2n) is 7.48. The molecule has 2 heterocycles.